The molecule has 24 heavy (non-hydrogen) atoms. The van der Waals surface area contributed by atoms with Crippen molar-refractivity contribution in [3.05, 3.63) is 48.0 Å². The van der Waals surface area contributed by atoms with Gasteiger partial charge in [-0.25, -0.2) is 4.79 Å². The molecule has 0 aliphatic rings. The number of nitrogens with one attached hydrogen (secondary N) is 2. The summed E-state index contributed by atoms with van der Waals surface area (Å²) < 4.78 is 10.3. The minimum Gasteiger partial charge on any atom is -0.493 e. The van der Waals surface area contributed by atoms with E-state index in [9.17, 15) is 9.59 Å². The molecule has 0 atom stereocenters. The van der Waals surface area contributed by atoms with Gasteiger partial charge >= 0.3 is 6.03 Å². The van der Waals surface area contributed by atoms with Crippen molar-refractivity contribution in [1.29, 1.82) is 0 Å². The summed E-state index contributed by atoms with van der Waals surface area (Å²) in [4.78, 5) is 22.9. The van der Waals surface area contributed by atoms with Crippen molar-refractivity contribution < 1.29 is 19.1 Å². The van der Waals surface area contributed by atoms with Gasteiger partial charge in [0.05, 0.1) is 20.6 Å². The quantitative estimate of drug-likeness (QED) is 0.757. The number of urea groups is 1. The minimum absolute atomic E-state index is 0.165. The van der Waals surface area contributed by atoms with Crippen molar-refractivity contribution in [2.24, 2.45) is 5.73 Å². The number of benzene rings is 2. The smallest absolute Gasteiger partial charge is 0.323 e. The number of amides is 3. The van der Waals surface area contributed by atoms with Gasteiger partial charge in [-0.2, -0.15) is 0 Å². The van der Waals surface area contributed by atoms with Gasteiger partial charge in [0.1, 0.15) is 0 Å². The van der Waals surface area contributed by atoms with Crippen molar-refractivity contribution in [3.63, 3.8) is 0 Å². The molecule has 2 aromatic rings. The number of rotatable bonds is 6. The van der Waals surface area contributed by atoms with Crippen LogP contribution in [0.3, 0.4) is 0 Å². The molecule has 2 aromatic carbocycles. The first-order valence-electron chi connectivity index (χ1n) is 7.19. The lowest BCUT2D eigenvalue weighted by atomic mass is 10.1. The van der Waals surface area contributed by atoms with E-state index in [4.69, 9.17) is 15.2 Å². The van der Waals surface area contributed by atoms with Crippen LogP contribution in [-0.2, 0) is 11.2 Å². The molecule has 0 radical (unpaired) electrons. The molecule has 0 saturated heterocycles. The maximum atomic E-state index is 12.0. The molecule has 0 aliphatic carbocycles. The molecule has 0 fully saturated rings. The molecule has 7 nitrogen and oxygen atoms in total. The van der Waals surface area contributed by atoms with Crippen molar-refractivity contribution in [1.82, 2.24) is 0 Å². The number of hydrogen-bond acceptors (Lipinski definition) is 4. The summed E-state index contributed by atoms with van der Waals surface area (Å²) in [5.74, 6) is 0.696. The lowest BCUT2D eigenvalue weighted by Gasteiger charge is -2.11. The molecule has 0 aliphatic heterocycles. The van der Waals surface area contributed by atoms with Crippen molar-refractivity contribution >= 4 is 23.3 Å². The first kappa shape index (κ1) is 17.1. The van der Waals surface area contributed by atoms with Crippen LogP contribution in [0.4, 0.5) is 16.2 Å². The van der Waals surface area contributed by atoms with E-state index in [1.807, 2.05) is 0 Å². The first-order chi connectivity index (χ1) is 11.5. The molecule has 0 aromatic heterocycles. The monoisotopic (exact) mass is 329 g/mol. The van der Waals surface area contributed by atoms with Crippen molar-refractivity contribution in [2.45, 2.75) is 6.42 Å². The fourth-order valence-corrected chi connectivity index (χ4v) is 2.11. The Labute approximate surface area is 139 Å². The van der Waals surface area contributed by atoms with Gasteiger partial charge in [0, 0.05) is 17.4 Å². The van der Waals surface area contributed by atoms with Crippen LogP contribution < -0.4 is 25.8 Å². The largest absolute Gasteiger partial charge is 0.493 e. The second-order valence-electron chi connectivity index (χ2n) is 4.99. The molecule has 126 valence electrons. The maximum Gasteiger partial charge on any atom is 0.323 e. The number of anilines is 2. The number of hydrogen-bond donors (Lipinski definition) is 3. The molecule has 4 N–H and O–H groups in total. The zero-order valence-electron chi connectivity index (χ0n) is 13.5. The average Bonchev–Trinajstić information content (AvgIpc) is 2.56. The predicted octanol–water partition coefficient (Wildman–Crippen LogP) is 2.38. The molecule has 0 bridgehead atoms. The number of carbonyl (C=O) groups excluding carboxylic acids is 2. The molecular formula is C17H19N3O4. The van der Waals surface area contributed by atoms with E-state index in [1.54, 1.807) is 49.6 Å². The molecule has 2 rings (SSSR count). The van der Waals surface area contributed by atoms with Gasteiger partial charge in [-0.1, -0.05) is 12.1 Å². The molecule has 0 spiro atoms. The second kappa shape index (κ2) is 7.87. The van der Waals surface area contributed by atoms with Crippen LogP contribution in [-0.4, -0.2) is 26.2 Å². The Bertz CT molecular complexity index is 729. The van der Waals surface area contributed by atoms with Crippen LogP contribution in [0.2, 0.25) is 0 Å². The highest BCUT2D eigenvalue weighted by Gasteiger charge is 2.08. The third-order valence-electron chi connectivity index (χ3n) is 3.23. The van der Waals surface area contributed by atoms with Crippen LogP contribution in [0, 0.1) is 0 Å². The first-order valence-corrected chi connectivity index (χ1v) is 7.19. The summed E-state index contributed by atoms with van der Waals surface area (Å²) in [6.45, 7) is 0. The van der Waals surface area contributed by atoms with E-state index in [0.717, 1.165) is 5.56 Å². The summed E-state index contributed by atoms with van der Waals surface area (Å²) in [7, 11) is 3.06. The molecule has 3 amide bonds. The van der Waals surface area contributed by atoms with Gasteiger partial charge in [-0.05, 0) is 29.8 Å². The Balaban J connectivity index is 1.99. The van der Waals surface area contributed by atoms with Gasteiger partial charge < -0.3 is 25.8 Å². The summed E-state index contributed by atoms with van der Waals surface area (Å²) in [6, 6.07) is 11.5. The number of nitrogens with two attached hydrogens (primary N) is 1. The molecule has 7 heteroatoms. The topological polar surface area (TPSA) is 103 Å². The molecular weight excluding hydrogens is 310 g/mol. The highest BCUT2D eigenvalue weighted by molar-refractivity contribution is 5.99. The van der Waals surface area contributed by atoms with Gasteiger partial charge in [0.15, 0.2) is 11.5 Å². The molecule has 0 unspecified atom stereocenters. The minimum atomic E-state index is -0.401. The number of ether oxygens (including phenoxy) is 2. The highest BCUT2D eigenvalue weighted by Crippen LogP contribution is 2.29. The van der Waals surface area contributed by atoms with E-state index in [0.29, 0.717) is 22.9 Å². The van der Waals surface area contributed by atoms with E-state index < -0.39 is 11.9 Å². The van der Waals surface area contributed by atoms with Crippen molar-refractivity contribution in [2.75, 3.05) is 24.9 Å². The van der Waals surface area contributed by atoms with Crippen LogP contribution in [0.15, 0.2) is 42.5 Å². The second-order valence-corrected chi connectivity index (χ2v) is 4.99. The summed E-state index contributed by atoms with van der Waals surface area (Å²) >= 11 is 0. The van der Waals surface area contributed by atoms with Gasteiger partial charge in [0.2, 0.25) is 5.91 Å². The van der Waals surface area contributed by atoms with Crippen LogP contribution in [0.25, 0.3) is 0 Å². The standard InChI is InChI=1S/C17H19N3O4/c1-23-14-8-7-13(10-15(14)24-2)20-17(22)19-12-5-3-11(4-6-12)9-16(18)21/h3-8,10H,9H2,1-2H3,(H2,18,21)(H2,19,20,22). The lowest BCUT2D eigenvalue weighted by molar-refractivity contribution is -0.117. The van der Waals surface area contributed by atoms with Crippen LogP contribution >= 0.6 is 0 Å². The lowest BCUT2D eigenvalue weighted by Crippen LogP contribution is -2.19. The predicted molar refractivity (Wildman–Crippen MR) is 91.5 cm³/mol. The number of carbonyl (C=O) groups is 2. The fraction of sp³-hybridized carbons (Fsp3) is 0.176. The third kappa shape index (κ3) is 4.64. The summed E-state index contributed by atoms with van der Waals surface area (Å²) in [5.41, 5.74) is 7.08. The molecule has 0 saturated carbocycles. The highest BCUT2D eigenvalue weighted by atomic mass is 16.5. The van der Waals surface area contributed by atoms with Crippen LogP contribution in [0.5, 0.6) is 11.5 Å². The Morgan fingerprint density at radius 1 is 0.917 bits per heavy atom. The number of primary amides is 1. The number of methoxy groups -OCH3 is 2. The fourth-order valence-electron chi connectivity index (χ4n) is 2.11. The Hall–Kier alpha value is -3.22. The van der Waals surface area contributed by atoms with Gasteiger partial charge in [0.25, 0.3) is 0 Å². The summed E-state index contributed by atoms with van der Waals surface area (Å²) in [6.07, 6.45) is 0.165. The Kier molecular flexibility index (Phi) is 5.62. The Morgan fingerprint density at radius 3 is 2.08 bits per heavy atom. The summed E-state index contributed by atoms with van der Waals surface area (Å²) in [5, 5.41) is 5.40. The van der Waals surface area contributed by atoms with Crippen molar-refractivity contribution in [3.8, 4) is 11.5 Å². The average molecular weight is 329 g/mol. The third-order valence-corrected chi connectivity index (χ3v) is 3.23. The SMILES string of the molecule is COc1ccc(NC(=O)Nc2ccc(CC(N)=O)cc2)cc1OC. The Morgan fingerprint density at radius 2 is 1.50 bits per heavy atom. The van der Waals surface area contributed by atoms with E-state index in [2.05, 4.69) is 10.6 Å². The van der Waals surface area contributed by atoms with Crippen LogP contribution in [0.1, 0.15) is 5.56 Å². The van der Waals surface area contributed by atoms with E-state index in [1.165, 1.54) is 7.11 Å². The van der Waals surface area contributed by atoms with Gasteiger partial charge in [-0.3, -0.25) is 4.79 Å². The zero-order chi connectivity index (χ0) is 17.5. The molecule has 0 heterocycles. The zero-order valence-corrected chi connectivity index (χ0v) is 13.5. The van der Waals surface area contributed by atoms with E-state index >= 15 is 0 Å². The maximum absolute atomic E-state index is 12.0. The normalized spacial score (nSPS) is 9.92. The van der Waals surface area contributed by atoms with E-state index in [-0.39, 0.29) is 6.42 Å². The van der Waals surface area contributed by atoms with Gasteiger partial charge in [-0.15, -0.1) is 0 Å².